The van der Waals surface area contributed by atoms with Crippen molar-refractivity contribution in [3.05, 3.63) is 39.4 Å². The number of nitrogens with one attached hydrogen (secondary N) is 1. The van der Waals surface area contributed by atoms with E-state index in [2.05, 4.69) is 11.2 Å². The summed E-state index contributed by atoms with van der Waals surface area (Å²) in [6.07, 6.45) is 5.38. The number of fused-ring (bicyclic) bond motifs is 1. The van der Waals surface area contributed by atoms with E-state index < -0.39 is 0 Å². The van der Waals surface area contributed by atoms with Crippen molar-refractivity contribution < 1.29 is 0 Å². The lowest BCUT2D eigenvalue weighted by Crippen LogP contribution is -2.25. The van der Waals surface area contributed by atoms with Crippen LogP contribution in [0.2, 0.25) is 0 Å². The summed E-state index contributed by atoms with van der Waals surface area (Å²) in [6, 6.07) is 7.82. The van der Waals surface area contributed by atoms with Crippen LogP contribution in [-0.4, -0.2) is 21.1 Å². The van der Waals surface area contributed by atoms with Gasteiger partial charge in [0.2, 0.25) is 0 Å². The molecule has 2 unspecified atom stereocenters. The number of hydrogen-bond donors (Lipinski definition) is 1. The number of aromatic amines is 1. The Labute approximate surface area is 121 Å². The zero-order valence-electron chi connectivity index (χ0n) is 10.8. The van der Waals surface area contributed by atoms with E-state index >= 15 is 0 Å². The molecule has 1 aromatic carbocycles. The molecule has 1 aliphatic rings. The molecule has 1 aliphatic carbocycles. The van der Waals surface area contributed by atoms with Crippen LogP contribution in [0.1, 0.15) is 25.3 Å². The average Bonchev–Trinajstić information content (AvgIpc) is 2.87. The second kappa shape index (κ2) is 5.13. The summed E-state index contributed by atoms with van der Waals surface area (Å²) in [4.78, 5) is 15.8. The Morgan fingerprint density at radius 2 is 2.16 bits per heavy atom. The first-order chi connectivity index (χ1) is 9.20. The van der Waals surface area contributed by atoms with Gasteiger partial charge in [-0.15, -0.1) is 0 Å². The number of aromatic nitrogens is 2. The van der Waals surface area contributed by atoms with Crippen molar-refractivity contribution in [1.29, 1.82) is 0 Å². The van der Waals surface area contributed by atoms with Gasteiger partial charge in [-0.05, 0) is 49.9 Å². The zero-order chi connectivity index (χ0) is 13.4. The third-order valence-electron chi connectivity index (χ3n) is 3.89. The smallest absolute Gasteiger partial charge is 0.262 e. The van der Waals surface area contributed by atoms with Gasteiger partial charge in [0, 0.05) is 11.3 Å². The fourth-order valence-electron chi connectivity index (χ4n) is 2.87. The predicted molar refractivity (Wildman–Crippen MR) is 83.6 cm³/mol. The first-order valence-electron chi connectivity index (χ1n) is 6.47. The summed E-state index contributed by atoms with van der Waals surface area (Å²) in [5, 5.41) is 1.38. The van der Waals surface area contributed by atoms with E-state index in [1.807, 2.05) is 36.0 Å². The first-order valence-corrected chi connectivity index (χ1v) is 8.16. The fourth-order valence-corrected chi connectivity index (χ4v) is 4.00. The van der Waals surface area contributed by atoms with Crippen LogP contribution in [0, 0.1) is 4.77 Å². The molecule has 3 rings (SSSR count). The second-order valence-electron chi connectivity index (χ2n) is 4.98. The molecule has 1 aromatic heterocycles. The molecule has 3 nitrogen and oxygen atoms in total. The van der Waals surface area contributed by atoms with Gasteiger partial charge in [-0.25, -0.2) is 0 Å². The number of para-hydroxylation sites is 1. The van der Waals surface area contributed by atoms with Crippen LogP contribution in [0.25, 0.3) is 10.9 Å². The molecular formula is C14H16N2OS2. The minimum Gasteiger partial charge on any atom is -0.332 e. The lowest BCUT2D eigenvalue weighted by Gasteiger charge is -2.15. The third-order valence-corrected chi connectivity index (χ3v) is 5.29. The Balaban J connectivity index is 2.14. The summed E-state index contributed by atoms with van der Waals surface area (Å²) in [5.41, 5.74) is 0.874. The van der Waals surface area contributed by atoms with Crippen LogP contribution in [0.15, 0.2) is 29.1 Å². The largest absolute Gasteiger partial charge is 0.332 e. The molecule has 0 aliphatic heterocycles. The van der Waals surface area contributed by atoms with E-state index in [-0.39, 0.29) is 11.6 Å². The molecule has 1 saturated carbocycles. The normalized spacial score (nSPS) is 23.0. The number of H-pyrrole nitrogens is 1. The molecule has 2 atom stereocenters. The maximum atomic E-state index is 12.6. The topological polar surface area (TPSA) is 37.8 Å². The van der Waals surface area contributed by atoms with Crippen molar-refractivity contribution in [2.24, 2.45) is 0 Å². The molecule has 19 heavy (non-hydrogen) atoms. The molecule has 0 radical (unpaired) electrons. The van der Waals surface area contributed by atoms with Crippen LogP contribution < -0.4 is 5.56 Å². The Bertz CT molecular complexity index is 719. The van der Waals surface area contributed by atoms with Crippen LogP contribution in [0.5, 0.6) is 0 Å². The lowest BCUT2D eigenvalue weighted by atomic mass is 10.2. The molecule has 0 saturated heterocycles. The number of thioether (sulfide) groups is 1. The van der Waals surface area contributed by atoms with E-state index in [0.717, 1.165) is 23.7 Å². The number of hydrogen-bond acceptors (Lipinski definition) is 3. The van der Waals surface area contributed by atoms with Crippen molar-refractivity contribution in [1.82, 2.24) is 9.55 Å². The SMILES string of the molecule is CSC1CCC(n2c(=S)[nH]c3ccccc3c2=O)C1. The lowest BCUT2D eigenvalue weighted by molar-refractivity contribution is 0.494. The summed E-state index contributed by atoms with van der Waals surface area (Å²) in [5.74, 6) is 0. The minimum absolute atomic E-state index is 0.0473. The highest BCUT2D eigenvalue weighted by atomic mass is 32.2. The molecule has 1 heterocycles. The van der Waals surface area contributed by atoms with Crippen molar-refractivity contribution in [2.45, 2.75) is 30.6 Å². The second-order valence-corrected chi connectivity index (χ2v) is 6.50. The van der Waals surface area contributed by atoms with Gasteiger partial charge in [0.05, 0.1) is 10.9 Å². The highest BCUT2D eigenvalue weighted by molar-refractivity contribution is 7.99. The fraction of sp³-hybridized carbons (Fsp3) is 0.429. The Morgan fingerprint density at radius 3 is 2.89 bits per heavy atom. The summed E-state index contributed by atoms with van der Waals surface area (Å²) >= 11 is 7.27. The highest BCUT2D eigenvalue weighted by Crippen LogP contribution is 2.35. The Hall–Kier alpha value is -1.07. The number of rotatable bonds is 2. The molecule has 1 N–H and O–H groups in total. The van der Waals surface area contributed by atoms with Crippen molar-refractivity contribution in [3.8, 4) is 0 Å². The van der Waals surface area contributed by atoms with Gasteiger partial charge < -0.3 is 4.98 Å². The average molecular weight is 292 g/mol. The van der Waals surface area contributed by atoms with Crippen molar-refractivity contribution in [2.75, 3.05) is 6.26 Å². The number of nitrogens with zero attached hydrogens (tertiary/aromatic N) is 1. The van der Waals surface area contributed by atoms with E-state index in [9.17, 15) is 4.79 Å². The molecule has 2 aromatic rings. The minimum atomic E-state index is 0.0473. The number of benzene rings is 1. The van der Waals surface area contributed by atoms with Crippen molar-refractivity contribution >= 4 is 34.9 Å². The summed E-state index contributed by atoms with van der Waals surface area (Å²) in [6.45, 7) is 0. The van der Waals surface area contributed by atoms with E-state index in [4.69, 9.17) is 12.2 Å². The summed E-state index contributed by atoms with van der Waals surface area (Å²) < 4.78 is 2.34. The van der Waals surface area contributed by atoms with Crippen molar-refractivity contribution in [3.63, 3.8) is 0 Å². The third kappa shape index (κ3) is 2.25. The standard InChI is InChI=1S/C14H16N2OS2/c1-19-10-7-6-9(8-10)16-13(17)11-4-2-3-5-12(11)15-14(16)18/h2-5,9-10H,6-8H2,1H3,(H,15,18). The molecule has 100 valence electrons. The van der Waals surface area contributed by atoms with Gasteiger partial charge in [0.25, 0.3) is 5.56 Å². The van der Waals surface area contributed by atoms with E-state index in [0.29, 0.717) is 10.0 Å². The quantitative estimate of drug-likeness (QED) is 0.861. The molecule has 5 heteroatoms. The molecule has 0 amide bonds. The van der Waals surface area contributed by atoms with Crippen LogP contribution in [0.4, 0.5) is 0 Å². The molecule has 0 bridgehead atoms. The zero-order valence-corrected chi connectivity index (χ0v) is 12.4. The monoisotopic (exact) mass is 292 g/mol. The maximum Gasteiger partial charge on any atom is 0.262 e. The van der Waals surface area contributed by atoms with Gasteiger partial charge in [0.1, 0.15) is 0 Å². The van der Waals surface area contributed by atoms with E-state index in [1.165, 1.54) is 6.42 Å². The summed E-state index contributed by atoms with van der Waals surface area (Å²) in [7, 11) is 0. The molecule has 0 spiro atoms. The Kier molecular flexibility index (Phi) is 3.50. The van der Waals surface area contributed by atoms with Crippen LogP contribution in [-0.2, 0) is 0 Å². The van der Waals surface area contributed by atoms with Gasteiger partial charge in [-0.1, -0.05) is 12.1 Å². The predicted octanol–water partition coefficient (Wildman–Crippen LogP) is 3.52. The highest BCUT2D eigenvalue weighted by Gasteiger charge is 2.27. The van der Waals surface area contributed by atoms with Gasteiger partial charge in [-0.3, -0.25) is 9.36 Å². The van der Waals surface area contributed by atoms with Gasteiger partial charge in [0.15, 0.2) is 4.77 Å². The van der Waals surface area contributed by atoms with Gasteiger partial charge >= 0.3 is 0 Å². The maximum absolute atomic E-state index is 12.6. The molecular weight excluding hydrogens is 276 g/mol. The van der Waals surface area contributed by atoms with Crippen LogP contribution >= 0.6 is 24.0 Å². The van der Waals surface area contributed by atoms with E-state index in [1.54, 1.807) is 4.57 Å². The Morgan fingerprint density at radius 1 is 1.37 bits per heavy atom. The first kappa shape index (κ1) is 12.9. The van der Waals surface area contributed by atoms with Crippen LogP contribution in [0.3, 0.4) is 0 Å². The molecule has 1 fully saturated rings. The van der Waals surface area contributed by atoms with Gasteiger partial charge in [-0.2, -0.15) is 11.8 Å².